The Morgan fingerprint density at radius 2 is 2.10 bits per heavy atom. The van der Waals surface area contributed by atoms with Crippen molar-refractivity contribution in [2.75, 3.05) is 26.7 Å². The molecule has 0 radical (unpaired) electrons. The molecule has 2 rings (SSSR count). The van der Waals surface area contributed by atoms with Gasteiger partial charge < -0.3 is 14.8 Å². The summed E-state index contributed by atoms with van der Waals surface area (Å²) in [5, 5.41) is 3.53. The summed E-state index contributed by atoms with van der Waals surface area (Å²) in [6.07, 6.45) is 12.3. The minimum absolute atomic E-state index is 0.845. The average molecular weight is 278 g/mol. The molecule has 114 valence electrons. The van der Waals surface area contributed by atoms with Gasteiger partial charge in [-0.3, -0.25) is 0 Å². The second kappa shape index (κ2) is 8.42. The molecule has 4 heteroatoms. The molecule has 0 aliphatic heterocycles. The van der Waals surface area contributed by atoms with E-state index in [1.807, 2.05) is 12.4 Å². The normalized spacial score (nSPS) is 16.9. The zero-order valence-corrected chi connectivity index (χ0v) is 13.1. The van der Waals surface area contributed by atoms with Gasteiger partial charge in [0.1, 0.15) is 5.82 Å². The Bertz CT molecular complexity index is 368. The predicted octanol–water partition coefficient (Wildman–Crippen LogP) is 2.44. The topological polar surface area (TPSA) is 33.1 Å². The molecule has 4 nitrogen and oxygen atoms in total. The van der Waals surface area contributed by atoms with Crippen LogP contribution in [0.1, 0.15) is 44.3 Å². The van der Waals surface area contributed by atoms with Gasteiger partial charge in [-0.2, -0.15) is 0 Å². The number of imidazole rings is 1. The van der Waals surface area contributed by atoms with Crippen molar-refractivity contribution >= 4 is 0 Å². The maximum Gasteiger partial charge on any atom is 0.105 e. The quantitative estimate of drug-likeness (QED) is 0.742. The predicted molar refractivity (Wildman–Crippen MR) is 84.0 cm³/mol. The Balaban J connectivity index is 1.50. The van der Waals surface area contributed by atoms with E-state index >= 15 is 0 Å². The molecular formula is C16H30N4. The van der Waals surface area contributed by atoms with Gasteiger partial charge in [-0.15, -0.1) is 0 Å². The van der Waals surface area contributed by atoms with Crippen LogP contribution < -0.4 is 5.32 Å². The summed E-state index contributed by atoms with van der Waals surface area (Å²) < 4.78 is 2.20. The lowest BCUT2D eigenvalue weighted by Gasteiger charge is -2.31. The summed E-state index contributed by atoms with van der Waals surface area (Å²) in [7, 11) is 2.30. The molecule has 1 N–H and O–H groups in total. The van der Waals surface area contributed by atoms with Gasteiger partial charge in [0.2, 0.25) is 0 Å². The Morgan fingerprint density at radius 3 is 2.80 bits per heavy atom. The number of hydrogen-bond acceptors (Lipinski definition) is 3. The maximum atomic E-state index is 4.24. The maximum absolute atomic E-state index is 4.24. The molecule has 0 bridgehead atoms. The number of aromatic nitrogens is 2. The van der Waals surface area contributed by atoms with Crippen molar-refractivity contribution in [3.05, 3.63) is 18.2 Å². The third-order valence-corrected chi connectivity index (χ3v) is 4.52. The van der Waals surface area contributed by atoms with Crippen LogP contribution >= 0.6 is 0 Å². The fourth-order valence-corrected chi connectivity index (χ4v) is 3.12. The fraction of sp³-hybridized carbons (Fsp3) is 0.812. The van der Waals surface area contributed by atoms with Gasteiger partial charge in [0.25, 0.3) is 0 Å². The smallest absolute Gasteiger partial charge is 0.105 e. The number of hydrogen-bond donors (Lipinski definition) is 1. The van der Waals surface area contributed by atoms with E-state index in [0.29, 0.717) is 0 Å². The van der Waals surface area contributed by atoms with E-state index < -0.39 is 0 Å². The highest BCUT2D eigenvalue weighted by Crippen LogP contribution is 2.21. The van der Waals surface area contributed by atoms with Gasteiger partial charge in [0, 0.05) is 31.5 Å². The third-order valence-electron chi connectivity index (χ3n) is 4.52. The Labute approximate surface area is 123 Å². The van der Waals surface area contributed by atoms with Crippen LogP contribution in [0.15, 0.2) is 12.4 Å². The molecule has 0 unspecified atom stereocenters. The van der Waals surface area contributed by atoms with E-state index in [9.17, 15) is 0 Å². The summed E-state index contributed by atoms with van der Waals surface area (Å²) >= 11 is 0. The lowest BCUT2D eigenvalue weighted by atomic mass is 9.94. The third kappa shape index (κ3) is 4.91. The highest BCUT2D eigenvalue weighted by Gasteiger charge is 2.16. The van der Waals surface area contributed by atoms with E-state index in [0.717, 1.165) is 31.5 Å². The molecular weight excluding hydrogens is 248 g/mol. The van der Waals surface area contributed by atoms with E-state index in [1.165, 1.54) is 45.1 Å². The largest absolute Gasteiger partial charge is 0.334 e. The van der Waals surface area contributed by atoms with Crippen LogP contribution in [0.5, 0.6) is 0 Å². The van der Waals surface area contributed by atoms with Gasteiger partial charge in [-0.05, 0) is 46.3 Å². The Kier molecular flexibility index (Phi) is 6.54. The second-order valence-electron chi connectivity index (χ2n) is 6.04. The zero-order chi connectivity index (χ0) is 14.2. The summed E-state index contributed by atoms with van der Waals surface area (Å²) in [6, 6.07) is 0.845. The summed E-state index contributed by atoms with van der Waals surface area (Å²) in [5.74, 6) is 1.10. The summed E-state index contributed by atoms with van der Waals surface area (Å²) in [6.45, 7) is 6.44. The van der Waals surface area contributed by atoms with Crippen LogP contribution in [0.2, 0.25) is 0 Å². The highest BCUT2D eigenvalue weighted by molar-refractivity contribution is 4.88. The van der Waals surface area contributed by atoms with E-state index in [1.54, 1.807) is 0 Å². The molecule has 1 aliphatic carbocycles. The van der Waals surface area contributed by atoms with Crippen LogP contribution in [-0.2, 0) is 6.54 Å². The van der Waals surface area contributed by atoms with Crippen molar-refractivity contribution in [3.8, 4) is 0 Å². The number of aryl methyl sites for hydroxylation is 1. The molecule has 1 aromatic rings. The van der Waals surface area contributed by atoms with Gasteiger partial charge >= 0.3 is 0 Å². The van der Waals surface area contributed by atoms with Gasteiger partial charge in [-0.25, -0.2) is 4.98 Å². The molecule has 1 heterocycles. The van der Waals surface area contributed by atoms with Gasteiger partial charge in [0.15, 0.2) is 0 Å². The molecule has 0 aromatic carbocycles. The molecule has 0 saturated heterocycles. The molecule has 0 amide bonds. The van der Waals surface area contributed by atoms with Crippen LogP contribution in [-0.4, -0.2) is 47.2 Å². The van der Waals surface area contributed by atoms with Crippen molar-refractivity contribution in [2.45, 2.75) is 58.0 Å². The first-order chi connectivity index (χ1) is 9.77. The molecule has 0 atom stereocenters. The summed E-state index contributed by atoms with van der Waals surface area (Å²) in [5.41, 5.74) is 0. The fourth-order valence-electron chi connectivity index (χ4n) is 3.12. The lowest BCUT2D eigenvalue weighted by Crippen LogP contribution is -2.35. The van der Waals surface area contributed by atoms with Gasteiger partial charge in [-0.1, -0.05) is 19.3 Å². The van der Waals surface area contributed by atoms with Crippen LogP contribution in [0.4, 0.5) is 0 Å². The first-order valence-corrected chi connectivity index (χ1v) is 8.16. The second-order valence-corrected chi connectivity index (χ2v) is 6.04. The van der Waals surface area contributed by atoms with Crippen molar-refractivity contribution in [2.24, 2.45) is 0 Å². The van der Waals surface area contributed by atoms with Crippen molar-refractivity contribution in [1.82, 2.24) is 19.8 Å². The minimum atomic E-state index is 0.845. The number of nitrogens with one attached hydrogen (secondary N) is 1. The van der Waals surface area contributed by atoms with Crippen LogP contribution in [0, 0.1) is 6.92 Å². The first kappa shape index (κ1) is 15.5. The zero-order valence-electron chi connectivity index (χ0n) is 13.1. The van der Waals surface area contributed by atoms with Crippen molar-refractivity contribution in [3.63, 3.8) is 0 Å². The Morgan fingerprint density at radius 1 is 1.30 bits per heavy atom. The average Bonchev–Trinajstić information content (AvgIpc) is 2.89. The molecule has 1 fully saturated rings. The SMILES string of the molecule is Cc1nccn1CCNCCCN(C)C1CCCCC1. The first-order valence-electron chi connectivity index (χ1n) is 8.16. The molecule has 1 aromatic heterocycles. The standard InChI is InChI=1S/C16H30N4/c1-15-18-11-14-20(15)13-10-17-9-6-12-19(2)16-7-4-3-5-8-16/h11,14,16-17H,3-10,12-13H2,1-2H3. The van der Waals surface area contributed by atoms with E-state index in [2.05, 4.69) is 33.7 Å². The molecule has 0 spiro atoms. The van der Waals surface area contributed by atoms with Crippen LogP contribution in [0.3, 0.4) is 0 Å². The monoisotopic (exact) mass is 278 g/mol. The molecule has 1 saturated carbocycles. The number of rotatable bonds is 8. The van der Waals surface area contributed by atoms with Crippen molar-refractivity contribution in [1.29, 1.82) is 0 Å². The highest BCUT2D eigenvalue weighted by atomic mass is 15.1. The number of nitrogens with zero attached hydrogens (tertiary/aromatic N) is 3. The lowest BCUT2D eigenvalue weighted by molar-refractivity contribution is 0.189. The van der Waals surface area contributed by atoms with E-state index in [4.69, 9.17) is 0 Å². The van der Waals surface area contributed by atoms with E-state index in [-0.39, 0.29) is 0 Å². The minimum Gasteiger partial charge on any atom is -0.334 e. The molecule has 20 heavy (non-hydrogen) atoms. The Hall–Kier alpha value is -0.870. The summed E-state index contributed by atoms with van der Waals surface area (Å²) in [4.78, 5) is 6.81. The van der Waals surface area contributed by atoms with Crippen LogP contribution in [0.25, 0.3) is 0 Å². The molecule has 1 aliphatic rings. The van der Waals surface area contributed by atoms with Gasteiger partial charge in [0.05, 0.1) is 0 Å². The van der Waals surface area contributed by atoms with Crippen molar-refractivity contribution < 1.29 is 0 Å².